The Bertz CT molecular complexity index is 766. The molecular formula is C23H27NO2S. The van der Waals surface area contributed by atoms with Gasteiger partial charge in [0.25, 0.3) is 0 Å². The molecule has 1 heterocycles. The average Bonchev–Trinajstić information content (AvgIpc) is 2.83. The predicted molar refractivity (Wildman–Crippen MR) is 113 cm³/mol. The second-order valence-corrected chi connectivity index (χ2v) is 7.86. The molecule has 0 aliphatic carbocycles. The van der Waals surface area contributed by atoms with Gasteiger partial charge in [-0.2, -0.15) is 0 Å². The molecule has 0 unspecified atom stereocenters. The van der Waals surface area contributed by atoms with Gasteiger partial charge in [-0.05, 0) is 48.2 Å². The van der Waals surface area contributed by atoms with Crippen LogP contribution in [0.2, 0.25) is 0 Å². The maximum Gasteiger partial charge on any atom is 0.302 e. The Balaban J connectivity index is 1.69. The molecule has 4 heteroatoms. The van der Waals surface area contributed by atoms with E-state index in [0.29, 0.717) is 6.61 Å². The Hall–Kier alpha value is -2.04. The van der Waals surface area contributed by atoms with Gasteiger partial charge < -0.3 is 9.64 Å². The minimum Gasteiger partial charge on any atom is -0.466 e. The van der Waals surface area contributed by atoms with E-state index in [0.717, 1.165) is 31.7 Å². The van der Waals surface area contributed by atoms with Gasteiger partial charge in [-0.15, -0.1) is 11.8 Å². The first-order valence-electron chi connectivity index (χ1n) is 9.47. The molecule has 0 aromatic heterocycles. The highest BCUT2D eigenvalue weighted by molar-refractivity contribution is 7.98. The Morgan fingerprint density at radius 3 is 2.67 bits per heavy atom. The molecule has 2 aromatic carbocycles. The normalized spacial score (nSPS) is 14.6. The number of rotatable bonds is 7. The molecule has 0 fully saturated rings. The molecule has 0 spiro atoms. The topological polar surface area (TPSA) is 29.5 Å². The molecule has 0 saturated heterocycles. The van der Waals surface area contributed by atoms with Crippen LogP contribution in [0.3, 0.4) is 0 Å². The monoisotopic (exact) mass is 381 g/mol. The van der Waals surface area contributed by atoms with Crippen molar-refractivity contribution in [3.63, 3.8) is 0 Å². The van der Waals surface area contributed by atoms with Gasteiger partial charge in [-0.1, -0.05) is 48.5 Å². The number of nitrogens with zero attached hydrogens (tertiary/aromatic N) is 1. The lowest BCUT2D eigenvalue weighted by Gasteiger charge is -2.16. The van der Waals surface area contributed by atoms with Crippen molar-refractivity contribution in [3.8, 4) is 0 Å². The van der Waals surface area contributed by atoms with Crippen LogP contribution < -0.4 is 0 Å². The van der Waals surface area contributed by atoms with Crippen LogP contribution in [0.5, 0.6) is 0 Å². The third-order valence-electron chi connectivity index (χ3n) is 4.72. The van der Waals surface area contributed by atoms with Crippen molar-refractivity contribution in [1.82, 2.24) is 4.90 Å². The summed E-state index contributed by atoms with van der Waals surface area (Å²) in [6.07, 6.45) is 4.24. The van der Waals surface area contributed by atoms with Crippen LogP contribution in [0.1, 0.15) is 36.5 Å². The second kappa shape index (κ2) is 9.77. The summed E-state index contributed by atoms with van der Waals surface area (Å²) in [6.45, 7) is 3.87. The molecular weight excluding hydrogens is 354 g/mol. The molecule has 0 bridgehead atoms. The van der Waals surface area contributed by atoms with E-state index in [2.05, 4.69) is 66.6 Å². The summed E-state index contributed by atoms with van der Waals surface area (Å²) in [5.41, 5.74) is 5.44. The number of carbonyl (C=O) groups excluding carboxylic acids is 1. The summed E-state index contributed by atoms with van der Waals surface area (Å²) in [7, 11) is 2.12. The number of benzene rings is 2. The minimum atomic E-state index is -0.203. The summed E-state index contributed by atoms with van der Waals surface area (Å²) in [5.74, 6) is 0.812. The summed E-state index contributed by atoms with van der Waals surface area (Å²) >= 11 is 1.92. The molecule has 0 radical (unpaired) electrons. The van der Waals surface area contributed by atoms with Crippen LogP contribution >= 0.6 is 11.8 Å². The Morgan fingerprint density at radius 2 is 1.85 bits per heavy atom. The van der Waals surface area contributed by atoms with E-state index in [1.54, 1.807) is 0 Å². The lowest BCUT2D eigenvalue weighted by atomic mass is 9.93. The number of ether oxygens (including phenoxy) is 1. The molecule has 142 valence electrons. The molecule has 27 heavy (non-hydrogen) atoms. The lowest BCUT2D eigenvalue weighted by molar-refractivity contribution is -0.141. The lowest BCUT2D eigenvalue weighted by Crippen LogP contribution is -2.22. The number of hydrogen-bond donors (Lipinski definition) is 0. The number of carbonyl (C=O) groups is 1. The second-order valence-electron chi connectivity index (χ2n) is 6.85. The maximum atomic E-state index is 10.8. The highest BCUT2D eigenvalue weighted by Crippen LogP contribution is 2.39. The third-order valence-corrected chi connectivity index (χ3v) is 5.84. The third kappa shape index (κ3) is 5.47. The highest BCUT2D eigenvalue weighted by Gasteiger charge is 2.17. The van der Waals surface area contributed by atoms with Crippen molar-refractivity contribution in [2.75, 3.05) is 26.7 Å². The van der Waals surface area contributed by atoms with Crippen LogP contribution in [0, 0.1) is 0 Å². The van der Waals surface area contributed by atoms with Gasteiger partial charge in [0.2, 0.25) is 0 Å². The van der Waals surface area contributed by atoms with Gasteiger partial charge in [-0.3, -0.25) is 4.79 Å². The van der Waals surface area contributed by atoms with Crippen molar-refractivity contribution in [2.45, 2.75) is 30.4 Å². The minimum absolute atomic E-state index is 0.203. The van der Waals surface area contributed by atoms with E-state index in [-0.39, 0.29) is 5.97 Å². The van der Waals surface area contributed by atoms with Gasteiger partial charge in [0.1, 0.15) is 0 Å². The van der Waals surface area contributed by atoms with E-state index in [9.17, 15) is 4.79 Å². The van der Waals surface area contributed by atoms with Crippen LogP contribution in [0.15, 0.2) is 59.5 Å². The molecule has 0 N–H and O–H groups in total. The van der Waals surface area contributed by atoms with E-state index in [1.807, 2.05) is 11.8 Å². The molecule has 1 aliphatic heterocycles. The van der Waals surface area contributed by atoms with Crippen LogP contribution in [0.25, 0.3) is 5.57 Å². The number of thioether (sulfide) groups is 1. The molecule has 2 aromatic rings. The van der Waals surface area contributed by atoms with Gasteiger partial charge in [-0.25, -0.2) is 0 Å². The van der Waals surface area contributed by atoms with Crippen molar-refractivity contribution in [2.24, 2.45) is 0 Å². The molecule has 0 amide bonds. The van der Waals surface area contributed by atoms with Gasteiger partial charge >= 0.3 is 5.97 Å². The van der Waals surface area contributed by atoms with Crippen LogP contribution in [-0.2, 0) is 15.3 Å². The molecule has 0 saturated carbocycles. The molecule has 1 aliphatic rings. The quantitative estimate of drug-likeness (QED) is 0.499. The summed E-state index contributed by atoms with van der Waals surface area (Å²) in [6, 6.07) is 17.4. The van der Waals surface area contributed by atoms with E-state index in [1.165, 1.54) is 34.1 Å². The summed E-state index contributed by atoms with van der Waals surface area (Å²) in [4.78, 5) is 14.5. The average molecular weight is 382 g/mol. The summed E-state index contributed by atoms with van der Waals surface area (Å²) in [5, 5.41) is 0. The van der Waals surface area contributed by atoms with Crippen LogP contribution in [-0.4, -0.2) is 37.6 Å². The summed E-state index contributed by atoms with van der Waals surface area (Å²) < 4.78 is 5.00. The zero-order valence-corrected chi connectivity index (χ0v) is 16.9. The fourth-order valence-electron chi connectivity index (χ4n) is 3.34. The fourth-order valence-corrected chi connectivity index (χ4v) is 4.41. The Labute approximate surface area is 166 Å². The van der Waals surface area contributed by atoms with E-state index >= 15 is 0 Å². The number of hydrogen-bond acceptors (Lipinski definition) is 4. The van der Waals surface area contributed by atoms with E-state index < -0.39 is 0 Å². The zero-order chi connectivity index (χ0) is 19.1. The fraction of sp³-hybridized carbons (Fsp3) is 0.348. The molecule has 3 nitrogen and oxygen atoms in total. The smallest absolute Gasteiger partial charge is 0.302 e. The van der Waals surface area contributed by atoms with Crippen molar-refractivity contribution in [1.29, 1.82) is 0 Å². The van der Waals surface area contributed by atoms with Gasteiger partial charge in [0.05, 0.1) is 6.61 Å². The standard InChI is InChI=1S/C23H27NO2S/c1-18(25)26-16-8-15-24(2)14-7-12-21-20-10-4-3-9-19(20)17-27-23-13-6-5-11-22(21)23/h3-6,9-13H,7-8,14-17H2,1-2H3/b21-12-. The molecule has 3 rings (SSSR count). The van der Waals surface area contributed by atoms with Crippen molar-refractivity contribution < 1.29 is 9.53 Å². The molecule has 0 atom stereocenters. The van der Waals surface area contributed by atoms with Gasteiger partial charge in [0.15, 0.2) is 0 Å². The van der Waals surface area contributed by atoms with Gasteiger partial charge in [0, 0.05) is 30.7 Å². The highest BCUT2D eigenvalue weighted by atomic mass is 32.2. The first kappa shape index (κ1) is 19.7. The maximum absolute atomic E-state index is 10.8. The van der Waals surface area contributed by atoms with Crippen molar-refractivity contribution in [3.05, 3.63) is 71.3 Å². The van der Waals surface area contributed by atoms with Crippen molar-refractivity contribution >= 4 is 23.3 Å². The predicted octanol–water partition coefficient (Wildman–Crippen LogP) is 5.00. The first-order valence-corrected chi connectivity index (χ1v) is 10.5. The van der Waals surface area contributed by atoms with E-state index in [4.69, 9.17) is 4.74 Å². The Morgan fingerprint density at radius 1 is 1.11 bits per heavy atom. The number of esters is 1. The first-order chi connectivity index (χ1) is 13.1. The SMILES string of the molecule is CC(=O)OCCCN(C)CC/C=C1/c2ccccc2CSc2ccccc21. The largest absolute Gasteiger partial charge is 0.466 e. The van der Waals surface area contributed by atoms with Crippen LogP contribution in [0.4, 0.5) is 0 Å². The Kier molecular flexibility index (Phi) is 7.13. The zero-order valence-electron chi connectivity index (χ0n) is 16.1. The number of fused-ring (bicyclic) bond motifs is 2.